The van der Waals surface area contributed by atoms with Gasteiger partial charge in [0.05, 0.1) is 28.7 Å². The molecule has 1 aromatic carbocycles. The van der Waals surface area contributed by atoms with E-state index in [0.717, 1.165) is 5.56 Å². The summed E-state index contributed by atoms with van der Waals surface area (Å²) in [7, 11) is 0. The zero-order valence-electron chi connectivity index (χ0n) is 11.2. The minimum Gasteiger partial charge on any atom is -0.394 e. The summed E-state index contributed by atoms with van der Waals surface area (Å²) in [5, 5.41) is 20.1. The van der Waals surface area contributed by atoms with Crippen molar-refractivity contribution >= 4 is 21.6 Å². The number of hydrogen-bond acceptors (Lipinski definition) is 5. The highest BCUT2D eigenvalue weighted by atomic mass is 79.9. The molecule has 1 N–H and O–H groups in total. The Bertz CT molecular complexity index is 497. The van der Waals surface area contributed by atoms with Gasteiger partial charge in [-0.25, -0.2) is 0 Å². The van der Waals surface area contributed by atoms with Crippen LogP contribution >= 0.6 is 15.9 Å². The van der Waals surface area contributed by atoms with E-state index in [4.69, 9.17) is 4.74 Å². The van der Waals surface area contributed by atoms with Crippen molar-refractivity contribution in [2.24, 2.45) is 0 Å². The van der Waals surface area contributed by atoms with Gasteiger partial charge in [0.1, 0.15) is 0 Å². The Morgan fingerprint density at radius 3 is 3.00 bits per heavy atom. The van der Waals surface area contributed by atoms with Gasteiger partial charge in [-0.1, -0.05) is 12.1 Å². The largest absolute Gasteiger partial charge is 0.394 e. The second-order valence-electron chi connectivity index (χ2n) is 4.92. The first-order valence-electron chi connectivity index (χ1n) is 6.41. The predicted molar refractivity (Wildman–Crippen MR) is 77.5 cm³/mol. The molecule has 2 atom stereocenters. The average molecular weight is 345 g/mol. The summed E-state index contributed by atoms with van der Waals surface area (Å²) in [6, 6.07) is 5.25. The number of nitro groups is 1. The first kappa shape index (κ1) is 15.4. The molecular weight excluding hydrogens is 328 g/mol. The van der Waals surface area contributed by atoms with Crippen molar-refractivity contribution in [1.82, 2.24) is 4.90 Å². The van der Waals surface area contributed by atoms with Crippen LogP contribution in [0.25, 0.3) is 0 Å². The zero-order chi connectivity index (χ0) is 14.7. The molecule has 0 aliphatic carbocycles. The third-order valence-corrected chi connectivity index (χ3v) is 4.38. The SMILES string of the molecule is CC1COC(CO)CN1Cc1cccc([N+](=O)[O-])c1Br. The average Bonchev–Trinajstić information content (AvgIpc) is 2.43. The summed E-state index contributed by atoms with van der Waals surface area (Å²) in [4.78, 5) is 12.7. The molecule has 0 bridgehead atoms. The molecule has 0 aromatic heterocycles. The topological polar surface area (TPSA) is 75.8 Å². The molecule has 0 saturated carbocycles. The van der Waals surface area contributed by atoms with Gasteiger partial charge >= 0.3 is 0 Å². The Kier molecular flexibility index (Phi) is 5.09. The Hall–Kier alpha value is -1.02. The van der Waals surface area contributed by atoms with E-state index in [2.05, 4.69) is 20.8 Å². The number of aliphatic hydroxyl groups excluding tert-OH is 1. The fourth-order valence-corrected chi connectivity index (χ4v) is 2.79. The lowest BCUT2D eigenvalue weighted by atomic mass is 10.1. The van der Waals surface area contributed by atoms with E-state index >= 15 is 0 Å². The minimum atomic E-state index is -0.396. The number of morpholine rings is 1. The summed E-state index contributed by atoms with van der Waals surface area (Å²) >= 11 is 3.31. The van der Waals surface area contributed by atoms with E-state index in [1.807, 2.05) is 13.0 Å². The van der Waals surface area contributed by atoms with E-state index in [1.165, 1.54) is 6.07 Å². The van der Waals surface area contributed by atoms with E-state index in [-0.39, 0.29) is 24.4 Å². The predicted octanol–water partition coefficient (Wildman–Crippen LogP) is 1.94. The molecule has 0 amide bonds. The lowest BCUT2D eigenvalue weighted by Crippen LogP contribution is -2.48. The van der Waals surface area contributed by atoms with Crippen LogP contribution in [0.5, 0.6) is 0 Å². The highest BCUT2D eigenvalue weighted by molar-refractivity contribution is 9.10. The number of aliphatic hydroxyl groups is 1. The summed E-state index contributed by atoms with van der Waals surface area (Å²) in [5.41, 5.74) is 0.937. The number of benzene rings is 1. The van der Waals surface area contributed by atoms with Gasteiger partial charge in [-0.05, 0) is 28.4 Å². The van der Waals surface area contributed by atoms with Gasteiger partial charge in [-0.15, -0.1) is 0 Å². The van der Waals surface area contributed by atoms with Gasteiger partial charge in [-0.2, -0.15) is 0 Å². The molecule has 110 valence electrons. The van der Waals surface area contributed by atoms with Crippen LogP contribution in [0.2, 0.25) is 0 Å². The number of halogens is 1. The Balaban J connectivity index is 2.16. The maximum Gasteiger partial charge on any atom is 0.283 e. The fraction of sp³-hybridized carbons (Fsp3) is 0.538. The van der Waals surface area contributed by atoms with E-state index in [0.29, 0.717) is 24.2 Å². The van der Waals surface area contributed by atoms with Gasteiger partial charge in [0.15, 0.2) is 0 Å². The van der Waals surface area contributed by atoms with Gasteiger partial charge in [0.2, 0.25) is 0 Å². The lowest BCUT2D eigenvalue weighted by Gasteiger charge is -2.37. The molecule has 6 nitrogen and oxygen atoms in total. The lowest BCUT2D eigenvalue weighted by molar-refractivity contribution is -0.385. The molecular formula is C13H17BrN2O4. The highest BCUT2D eigenvalue weighted by Gasteiger charge is 2.27. The van der Waals surface area contributed by atoms with Crippen molar-refractivity contribution in [1.29, 1.82) is 0 Å². The van der Waals surface area contributed by atoms with E-state index in [9.17, 15) is 15.2 Å². The molecule has 2 rings (SSSR count). The number of ether oxygens (including phenoxy) is 1. The molecule has 7 heteroatoms. The van der Waals surface area contributed by atoms with Crippen LogP contribution in [0.4, 0.5) is 5.69 Å². The van der Waals surface area contributed by atoms with Crippen molar-refractivity contribution < 1.29 is 14.8 Å². The van der Waals surface area contributed by atoms with Crippen LogP contribution in [0.15, 0.2) is 22.7 Å². The monoisotopic (exact) mass is 344 g/mol. The first-order valence-corrected chi connectivity index (χ1v) is 7.20. The molecule has 1 saturated heterocycles. The maximum absolute atomic E-state index is 10.9. The number of nitrogens with zero attached hydrogens (tertiary/aromatic N) is 2. The Labute approximate surface area is 125 Å². The Morgan fingerprint density at radius 2 is 2.35 bits per heavy atom. The summed E-state index contributed by atoms with van der Waals surface area (Å²) in [6.07, 6.45) is -0.191. The van der Waals surface area contributed by atoms with Crippen LogP contribution in [-0.4, -0.2) is 46.8 Å². The number of rotatable bonds is 4. The molecule has 0 spiro atoms. The molecule has 2 unspecified atom stereocenters. The minimum absolute atomic E-state index is 0.0146. The third kappa shape index (κ3) is 3.35. The van der Waals surface area contributed by atoms with Gasteiger partial charge in [0.25, 0.3) is 5.69 Å². The normalized spacial score (nSPS) is 23.8. The van der Waals surface area contributed by atoms with Crippen LogP contribution < -0.4 is 0 Å². The summed E-state index contributed by atoms with van der Waals surface area (Å²) in [5.74, 6) is 0. The third-order valence-electron chi connectivity index (χ3n) is 3.47. The van der Waals surface area contributed by atoms with Crippen molar-refractivity contribution in [2.75, 3.05) is 19.8 Å². The first-order chi connectivity index (χ1) is 9.52. The second kappa shape index (κ2) is 6.62. The van der Waals surface area contributed by atoms with E-state index < -0.39 is 4.92 Å². The van der Waals surface area contributed by atoms with Gasteiger partial charge < -0.3 is 9.84 Å². The molecule has 1 aliphatic rings. The molecule has 20 heavy (non-hydrogen) atoms. The smallest absolute Gasteiger partial charge is 0.283 e. The molecule has 1 fully saturated rings. The molecule has 0 radical (unpaired) electrons. The zero-order valence-corrected chi connectivity index (χ0v) is 12.7. The van der Waals surface area contributed by atoms with Crippen LogP contribution in [0.3, 0.4) is 0 Å². The molecule has 1 aromatic rings. The van der Waals surface area contributed by atoms with Crippen molar-refractivity contribution in [3.8, 4) is 0 Å². The van der Waals surface area contributed by atoms with Gasteiger partial charge in [-0.3, -0.25) is 15.0 Å². The van der Waals surface area contributed by atoms with Crippen molar-refractivity contribution in [2.45, 2.75) is 25.6 Å². The maximum atomic E-state index is 10.9. The summed E-state index contributed by atoms with van der Waals surface area (Å²) < 4.78 is 6.01. The number of hydrogen-bond donors (Lipinski definition) is 1. The van der Waals surface area contributed by atoms with Crippen molar-refractivity contribution in [3.63, 3.8) is 0 Å². The second-order valence-corrected chi connectivity index (χ2v) is 5.72. The fourth-order valence-electron chi connectivity index (χ4n) is 2.25. The van der Waals surface area contributed by atoms with E-state index in [1.54, 1.807) is 6.07 Å². The van der Waals surface area contributed by atoms with Crippen LogP contribution in [0, 0.1) is 10.1 Å². The summed E-state index contributed by atoms with van der Waals surface area (Å²) in [6.45, 7) is 3.78. The van der Waals surface area contributed by atoms with Crippen LogP contribution in [0.1, 0.15) is 12.5 Å². The molecule has 1 heterocycles. The quantitative estimate of drug-likeness (QED) is 0.667. The van der Waals surface area contributed by atoms with Crippen LogP contribution in [-0.2, 0) is 11.3 Å². The highest BCUT2D eigenvalue weighted by Crippen LogP contribution is 2.30. The van der Waals surface area contributed by atoms with Gasteiger partial charge in [0, 0.05) is 25.2 Å². The molecule has 1 aliphatic heterocycles. The standard InChI is InChI=1S/C13H17BrN2O4/c1-9-8-20-11(7-17)6-15(9)5-10-3-2-4-12(13(10)14)16(18)19/h2-4,9,11,17H,5-8H2,1H3. The van der Waals surface area contributed by atoms with Crippen molar-refractivity contribution in [3.05, 3.63) is 38.3 Å². The Morgan fingerprint density at radius 1 is 1.60 bits per heavy atom. The number of nitro benzene ring substituents is 1.